The van der Waals surface area contributed by atoms with Crippen LogP contribution in [-0.4, -0.2) is 47.5 Å². The van der Waals surface area contributed by atoms with Gasteiger partial charge in [-0.25, -0.2) is 0 Å². The van der Waals surface area contributed by atoms with E-state index in [0.29, 0.717) is 13.1 Å². The minimum atomic E-state index is -0.248. The molecule has 0 aromatic heterocycles. The van der Waals surface area contributed by atoms with Crippen molar-refractivity contribution in [2.24, 2.45) is 0 Å². The van der Waals surface area contributed by atoms with E-state index in [-0.39, 0.29) is 12.2 Å². The maximum absolute atomic E-state index is 10.1. The maximum Gasteiger partial charge on any atom is 0.0667 e. The molecule has 2 unspecified atom stereocenters. The van der Waals surface area contributed by atoms with Gasteiger partial charge in [0.1, 0.15) is 0 Å². The molecule has 24 heavy (non-hydrogen) atoms. The number of hydrogen-bond acceptors (Lipinski definition) is 3. The summed E-state index contributed by atoms with van der Waals surface area (Å²) in [6.45, 7) is 5.84. The van der Waals surface area contributed by atoms with Crippen LogP contribution in [0.25, 0.3) is 0 Å². The van der Waals surface area contributed by atoms with Crippen LogP contribution in [0.15, 0.2) is 0 Å². The predicted octanol–water partition coefficient (Wildman–Crippen LogP) is 5.14. The van der Waals surface area contributed by atoms with E-state index in [1.165, 1.54) is 64.2 Å². The van der Waals surface area contributed by atoms with Crippen molar-refractivity contribution in [2.75, 3.05) is 20.1 Å². The van der Waals surface area contributed by atoms with E-state index in [9.17, 15) is 10.2 Å². The Balaban J connectivity index is 3.52. The number of aliphatic hydroxyl groups is 2. The number of hydrogen-bond donors (Lipinski definition) is 2. The van der Waals surface area contributed by atoms with Crippen molar-refractivity contribution in [1.29, 1.82) is 0 Å². The zero-order valence-electron chi connectivity index (χ0n) is 16.8. The Morgan fingerprint density at radius 2 is 0.917 bits per heavy atom. The SMILES string of the molecule is CCCCCCCCC(O)CN(C)CC(O)CCCCCCCC. The van der Waals surface area contributed by atoms with Gasteiger partial charge in [-0.3, -0.25) is 0 Å². The summed E-state index contributed by atoms with van der Waals surface area (Å²) >= 11 is 0. The fourth-order valence-corrected chi connectivity index (χ4v) is 3.30. The van der Waals surface area contributed by atoms with Crippen molar-refractivity contribution >= 4 is 0 Å². The molecule has 0 aromatic rings. The van der Waals surface area contributed by atoms with E-state index >= 15 is 0 Å². The highest BCUT2D eigenvalue weighted by Gasteiger charge is 2.12. The molecule has 0 aliphatic rings. The van der Waals surface area contributed by atoms with Crippen LogP contribution in [0.5, 0.6) is 0 Å². The molecular weight excluding hydrogens is 298 g/mol. The third kappa shape index (κ3) is 16.7. The van der Waals surface area contributed by atoms with E-state index in [1.807, 2.05) is 7.05 Å². The summed E-state index contributed by atoms with van der Waals surface area (Å²) in [5.41, 5.74) is 0. The van der Waals surface area contributed by atoms with Gasteiger partial charge in [0, 0.05) is 13.1 Å². The Labute approximate surface area is 151 Å². The average molecular weight is 344 g/mol. The summed E-state index contributed by atoms with van der Waals surface area (Å²) in [4.78, 5) is 2.09. The predicted molar refractivity (Wildman–Crippen MR) is 105 cm³/mol. The van der Waals surface area contributed by atoms with Crippen LogP contribution >= 0.6 is 0 Å². The third-order valence-electron chi connectivity index (χ3n) is 4.83. The number of unbranched alkanes of at least 4 members (excludes halogenated alkanes) is 10. The first kappa shape index (κ1) is 23.9. The Morgan fingerprint density at radius 1 is 0.583 bits per heavy atom. The summed E-state index contributed by atoms with van der Waals surface area (Å²) in [7, 11) is 2.01. The molecule has 3 nitrogen and oxygen atoms in total. The second-order valence-corrected chi connectivity index (χ2v) is 7.64. The molecule has 3 heteroatoms. The lowest BCUT2D eigenvalue weighted by Gasteiger charge is -2.23. The van der Waals surface area contributed by atoms with Gasteiger partial charge in [-0.2, -0.15) is 0 Å². The van der Waals surface area contributed by atoms with Crippen molar-refractivity contribution in [2.45, 2.75) is 116 Å². The first-order valence-corrected chi connectivity index (χ1v) is 10.6. The largest absolute Gasteiger partial charge is 0.392 e. The van der Waals surface area contributed by atoms with Gasteiger partial charge in [-0.15, -0.1) is 0 Å². The Morgan fingerprint density at radius 3 is 1.29 bits per heavy atom. The fraction of sp³-hybridized carbons (Fsp3) is 1.00. The lowest BCUT2D eigenvalue weighted by Crippen LogP contribution is -2.35. The molecule has 0 heterocycles. The van der Waals surface area contributed by atoms with Crippen molar-refractivity contribution in [3.05, 3.63) is 0 Å². The Hall–Kier alpha value is -0.120. The first-order chi connectivity index (χ1) is 11.6. The van der Waals surface area contributed by atoms with Crippen molar-refractivity contribution in [3.63, 3.8) is 0 Å². The second kappa shape index (κ2) is 17.7. The Kier molecular flexibility index (Phi) is 17.6. The van der Waals surface area contributed by atoms with E-state index in [2.05, 4.69) is 18.7 Å². The van der Waals surface area contributed by atoms with Gasteiger partial charge in [0.25, 0.3) is 0 Å². The highest BCUT2D eigenvalue weighted by atomic mass is 16.3. The molecule has 0 spiro atoms. The van der Waals surface area contributed by atoms with Gasteiger partial charge in [-0.1, -0.05) is 90.9 Å². The van der Waals surface area contributed by atoms with Gasteiger partial charge in [0.2, 0.25) is 0 Å². The summed E-state index contributed by atoms with van der Waals surface area (Å²) in [5.74, 6) is 0. The first-order valence-electron chi connectivity index (χ1n) is 10.6. The van der Waals surface area contributed by atoms with Gasteiger partial charge in [0.05, 0.1) is 12.2 Å². The topological polar surface area (TPSA) is 43.7 Å². The Bertz CT molecular complexity index is 224. The van der Waals surface area contributed by atoms with Crippen LogP contribution in [0.4, 0.5) is 0 Å². The minimum absolute atomic E-state index is 0.248. The van der Waals surface area contributed by atoms with Crippen LogP contribution in [0.3, 0.4) is 0 Å². The lowest BCUT2D eigenvalue weighted by molar-refractivity contribution is 0.0737. The molecule has 0 saturated heterocycles. The van der Waals surface area contributed by atoms with Crippen LogP contribution in [-0.2, 0) is 0 Å². The molecule has 2 N–H and O–H groups in total. The monoisotopic (exact) mass is 343 g/mol. The molecule has 0 rings (SSSR count). The van der Waals surface area contributed by atoms with E-state index in [4.69, 9.17) is 0 Å². The molecule has 0 aliphatic carbocycles. The molecule has 0 bridgehead atoms. The standard InChI is InChI=1S/C21H45NO2/c1-4-6-8-10-12-14-16-20(23)18-22(3)19-21(24)17-15-13-11-9-7-5-2/h20-21,23-24H,4-19H2,1-3H3. The molecule has 0 fully saturated rings. The van der Waals surface area contributed by atoms with Gasteiger partial charge >= 0.3 is 0 Å². The van der Waals surface area contributed by atoms with Crippen LogP contribution in [0.1, 0.15) is 104 Å². The molecular formula is C21H45NO2. The number of rotatable bonds is 18. The smallest absolute Gasteiger partial charge is 0.0667 e. The molecule has 0 saturated carbocycles. The molecule has 2 atom stereocenters. The van der Waals surface area contributed by atoms with Gasteiger partial charge in [0.15, 0.2) is 0 Å². The number of aliphatic hydroxyl groups excluding tert-OH is 2. The second-order valence-electron chi connectivity index (χ2n) is 7.64. The van der Waals surface area contributed by atoms with Crippen LogP contribution in [0.2, 0.25) is 0 Å². The summed E-state index contributed by atoms with van der Waals surface area (Å²) in [5, 5.41) is 20.2. The van der Waals surface area contributed by atoms with Crippen molar-refractivity contribution < 1.29 is 10.2 Å². The van der Waals surface area contributed by atoms with Crippen LogP contribution in [0, 0.1) is 0 Å². The fourth-order valence-electron chi connectivity index (χ4n) is 3.30. The summed E-state index contributed by atoms with van der Waals surface area (Å²) in [6.07, 6.45) is 16.5. The van der Waals surface area contributed by atoms with Crippen molar-refractivity contribution in [3.8, 4) is 0 Å². The van der Waals surface area contributed by atoms with E-state index < -0.39 is 0 Å². The minimum Gasteiger partial charge on any atom is -0.392 e. The van der Waals surface area contributed by atoms with E-state index in [0.717, 1.165) is 25.7 Å². The molecule has 146 valence electrons. The molecule has 0 aromatic carbocycles. The number of likely N-dealkylation sites (N-methyl/N-ethyl adjacent to an activating group) is 1. The normalized spacial score (nSPS) is 14.2. The summed E-state index contributed by atoms with van der Waals surface area (Å²) in [6, 6.07) is 0. The van der Waals surface area contributed by atoms with Gasteiger partial charge < -0.3 is 15.1 Å². The van der Waals surface area contributed by atoms with Crippen molar-refractivity contribution in [1.82, 2.24) is 4.90 Å². The van der Waals surface area contributed by atoms with Gasteiger partial charge in [-0.05, 0) is 19.9 Å². The third-order valence-corrected chi connectivity index (χ3v) is 4.83. The maximum atomic E-state index is 10.1. The number of nitrogens with zero attached hydrogens (tertiary/aromatic N) is 1. The zero-order valence-corrected chi connectivity index (χ0v) is 16.8. The summed E-state index contributed by atoms with van der Waals surface area (Å²) < 4.78 is 0. The molecule has 0 amide bonds. The molecule has 0 aliphatic heterocycles. The van der Waals surface area contributed by atoms with E-state index in [1.54, 1.807) is 0 Å². The van der Waals surface area contributed by atoms with Crippen LogP contribution < -0.4 is 0 Å². The molecule has 0 radical (unpaired) electrons. The quantitative estimate of drug-likeness (QED) is 0.339. The zero-order chi connectivity index (χ0) is 18.0. The highest BCUT2D eigenvalue weighted by Crippen LogP contribution is 2.11. The lowest BCUT2D eigenvalue weighted by atomic mass is 10.1. The average Bonchev–Trinajstić information content (AvgIpc) is 2.53. The highest BCUT2D eigenvalue weighted by molar-refractivity contribution is 4.66.